The Morgan fingerprint density at radius 1 is 1.25 bits per heavy atom. The van der Waals surface area contributed by atoms with Gasteiger partial charge in [-0.1, -0.05) is 19.1 Å². The van der Waals surface area contributed by atoms with E-state index in [9.17, 15) is 19.5 Å². The summed E-state index contributed by atoms with van der Waals surface area (Å²) in [6.45, 7) is 3.54. The van der Waals surface area contributed by atoms with Gasteiger partial charge in [-0.25, -0.2) is 4.79 Å². The molecular weight excluding hydrogens is 310 g/mol. The Kier molecular flexibility index (Phi) is 5.39. The summed E-state index contributed by atoms with van der Waals surface area (Å²) in [5.41, 5.74) is -0.359. The van der Waals surface area contributed by atoms with Gasteiger partial charge in [-0.15, -0.1) is 0 Å². The maximum absolute atomic E-state index is 12.5. The first-order chi connectivity index (χ1) is 11.4. The standard InChI is InChI=1S/C18H21NO5/c1-3-24-16(21)12-7-9-13(10-8-12)19-15(20)14-6-4-5-11-18(14,2)17(22)23/h4-5,7-10,14H,3,6,11H2,1-2H3,(H,19,20)(H,22,23)/p-1/t14-,18+/m0/s1. The maximum Gasteiger partial charge on any atom is 0.338 e. The molecule has 6 nitrogen and oxygen atoms in total. The van der Waals surface area contributed by atoms with Crippen LogP contribution in [0.4, 0.5) is 5.69 Å². The van der Waals surface area contributed by atoms with Gasteiger partial charge in [-0.2, -0.15) is 0 Å². The quantitative estimate of drug-likeness (QED) is 0.652. The molecule has 2 rings (SSSR count). The summed E-state index contributed by atoms with van der Waals surface area (Å²) in [7, 11) is 0. The molecule has 128 valence electrons. The fraction of sp³-hybridized carbons (Fsp3) is 0.389. The van der Waals surface area contributed by atoms with Gasteiger partial charge < -0.3 is 20.0 Å². The topological polar surface area (TPSA) is 95.5 Å². The van der Waals surface area contributed by atoms with Gasteiger partial charge in [0.05, 0.1) is 18.1 Å². The number of hydrogen-bond donors (Lipinski definition) is 1. The van der Waals surface area contributed by atoms with E-state index in [1.165, 1.54) is 6.92 Å². The van der Waals surface area contributed by atoms with E-state index in [-0.39, 0.29) is 18.9 Å². The molecule has 0 heterocycles. The number of aliphatic carboxylic acids is 1. The van der Waals surface area contributed by atoms with Crippen LogP contribution in [0, 0.1) is 11.3 Å². The van der Waals surface area contributed by atoms with E-state index in [0.717, 1.165) is 0 Å². The molecule has 0 bridgehead atoms. The average Bonchev–Trinajstić information content (AvgIpc) is 2.56. The van der Waals surface area contributed by atoms with Crippen molar-refractivity contribution >= 4 is 23.5 Å². The number of carboxylic acid groups (broad SMARTS) is 1. The summed E-state index contributed by atoms with van der Waals surface area (Å²) >= 11 is 0. The molecular formula is C18H20NO5-. The van der Waals surface area contributed by atoms with Gasteiger partial charge in [0, 0.05) is 17.1 Å². The molecule has 1 N–H and O–H groups in total. The molecule has 0 aromatic heterocycles. The number of carbonyl (C=O) groups excluding carboxylic acids is 3. The van der Waals surface area contributed by atoms with E-state index in [1.807, 2.05) is 0 Å². The molecule has 0 radical (unpaired) electrons. The molecule has 24 heavy (non-hydrogen) atoms. The van der Waals surface area contributed by atoms with Crippen LogP contribution >= 0.6 is 0 Å². The average molecular weight is 330 g/mol. The summed E-state index contributed by atoms with van der Waals surface area (Å²) in [5.74, 6) is -2.76. The van der Waals surface area contributed by atoms with Crippen LogP contribution in [0.1, 0.15) is 37.0 Å². The van der Waals surface area contributed by atoms with Gasteiger partial charge in [0.15, 0.2) is 0 Å². The van der Waals surface area contributed by atoms with Gasteiger partial charge in [-0.05, 0) is 44.0 Å². The minimum atomic E-state index is -1.23. The highest BCUT2D eigenvalue weighted by molar-refractivity contribution is 5.97. The molecule has 0 aliphatic heterocycles. The van der Waals surface area contributed by atoms with E-state index in [0.29, 0.717) is 17.7 Å². The second kappa shape index (κ2) is 7.29. The summed E-state index contributed by atoms with van der Waals surface area (Å²) < 4.78 is 4.89. The number of allylic oxidation sites excluding steroid dienone is 2. The van der Waals surface area contributed by atoms with Crippen molar-refractivity contribution in [3.63, 3.8) is 0 Å². The van der Waals surface area contributed by atoms with Gasteiger partial charge in [0.1, 0.15) is 0 Å². The smallest absolute Gasteiger partial charge is 0.338 e. The number of amides is 1. The highest BCUT2D eigenvalue weighted by Crippen LogP contribution is 2.38. The lowest BCUT2D eigenvalue weighted by molar-refractivity contribution is -0.320. The van der Waals surface area contributed by atoms with E-state index in [1.54, 1.807) is 43.3 Å². The Morgan fingerprint density at radius 3 is 2.50 bits per heavy atom. The second-order valence-corrected chi connectivity index (χ2v) is 5.96. The van der Waals surface area contributed by atoms with E-state index in [4.69, 9.17) is 4.74 Å². The van der Waals surface area contributed by atoms with E-state index in [2.05, 4.69) is 5.32 Å². The van der Waals surface area contributed by atoms with Crippen molar-refractivity contribution in [2.24, 2.45) is 11.3 Å². The number of ether oxygens (including phenoxy) is 1. The summed E-state index contributed by atoms with van der Waals surface area (Å²) in [6.07, 6.45) is 4.17. The van der Waals surface area contributed by atoms with Crippen molar-refractivity contribution < 1.29 is 24.2 Å². The largest absolute Gasteiger partial charge is 0.550 e. The lowest BCUT2D eigenvalue weighted by atomic mass is 9.69. The van der Waals surface area contributed by atoms with Crippen LogP contribution in [0.25, 0.3) is 0 Å². The van der Waals surface area contributed by atoms with Crippen LogP contribution in [-0.4, -0.2) is 24.5 Å². The molecule has 6 heteroatoms. The highest BCUT2D eigenvalue weighted by atomic mass is 16.5. The monoisotopic (exact) mass is 330 g/mol. The molecule has 1 aromatic rings. The van der Waals surface area contributed by atoms with Crippen molar-refractivity contribution in [1.29, 1.82) is 0 Å². The van der Waals surface area contributed by atoms with Crippen molar-refractivity contribution in [2.45, 2.75) is 26.7 Å². The SMILES string of the molecule is CCOC(=O)c1ccc(NC(=O)[C@@H]2CC=CC[C@@]2(C)C(=O)[O-])cc1. The number of hydrogen-bond acceptors (Lipinski definition) is 5. The Labute approximate surface area is 140 Å². The molecule has 0 fully saturated rings. The summed E-state index contributed by atoms with van der Waals surface area (Å²) in [4.78, 5) is 35.5. The Bertz CT molecular complexity index is 664. The first kappa shape index (κ1) is 17.7. The number of nitrogens with one attached hydrogen (secondary N) is 1. The Balaban J connectivity index is 2.10. The summed E-state index contributed by atoms with van der Waals surface area (Å²) in [5, 5.41) is 14.2. The van der Waals surface area contributed by atoms with Gasteiger partial charge in [0.2, 0.25) is 5.91 Å². The lowest BCUT2D eigenvalue weighted by Crippen LogP contribution is -2.49. The third kappa shape index (κ3) is 3.64. The molecule has 0 spiro atoms. The van der Waals surface area contributed by atoms with Gasteiger partial charge in [0.25, 0.3) is 0 Å². The Hall–Kier alpha value is -2.63. The number of anilines is 1. The predicted molar refractivity (Wildman–Crippen MR) is 86.0 cm³/mol. The zero-order chi connectivity index (χ0) is 17.7. The minimum absolute atomic E-state index is 0.259. The van der Waals surface area contributed by atoms with Crippen LogP contribution in [0.5, 0.6) is 0 Å². The van der Waals surface area contributed by atoms with E-state index < -0.39 is 23.3 Å². The number of carbonyl (C=O) groups is 3. The van der Waals surface area contributed by atoms with Crippen LogP contribution in [-0.2, 0) is 14.3 Å². The second-order valence-electron chi connectivity index (χ2n) is 5.96. The predicted octanol–water partition coefficient (Wildman–Crippen LogP) is 1.52. The van der Waals surface area contributed by atoms with Crippen LogP contribution in [0.15, 0.2) is 36.4 Å². The molecule has 1 aliphatic carbocycles. The summed E-state index contributed by atoms with van der Waals surface area (Å²) in [6, 6.07) is 6.26. The fourth-order valence-corrected chi connectivity index (χ4v) is 2.72. The minimum Gasteiger partial charge on any atom is -0.550 e. The van der Waals surface area contributed by atoms with Crippen molar-refractivity contribution in [1.82, 2.24) is 0 Å². The zero-order valence-corrected chi connectivity index (χ0v) is 13.7. The number of rotatable bonds is 5. The van der Waals surface area contributed by atoms with Crippen LogP contribution in [0.3, 0.4) is 0 Å². The maximum atomic E-state index is 12.5. The number of benzene rings is 1. The molecule has 1 amide bonds. The molecule has 0 saturated carbocycles. The first-order valence-corrected chi connectivity index (χ1v) is 7.83. The third-order valence-electron chi connectivity index (χ3n) is 4.30. The number of esters is 1. The highest BCUT2D eigenvalue weighted by Gasteiger charge is 2.40. The van der Waals surface area contributed by atoms with Crippen LogP contribution < -0.4 is 10.4 Å². The molecule has 2 atom stereocenters. The lowest BCUT2D eigenvalue weighted by Gasteiger charge is -2.38. The van der Waals surface area contributed by atoms with E-state index >= 15 is 0 Å². The van der Waals surface area contributed by atoms with Gasteiger partial charge in [-0.3, -0.25) is 4.79 Å². The molecule has 1 aliphatic rings. The number of carboxylic acids is 1. The van der Waals surface area contributed by atoms with Crippen molar-refractivity contribution in [3.8, 4) is 0 Å². The normalized spacial score (nSPS) is 22.7. The molecule has 1 aromatic carbocycles. The van der Waals surface area contributed by atoms with Crippen molar-refractivity contribution in [3.05, 3.63) is 42.0 Å². The third-order valence-corrected chi connectivity index (χ3v) is 4.30. The molecule has 0 unspecified atom stereocenters. The van der Waals surface area contributed by atoms with Crippen LogP contribution in [0.2, 0.25) is 0 Å². The zero-order valence-electron chi connectivity index (χ0n) is 13.7. The first-order valence-electron chi connectivity index (χ1n) is 7.83. The fourth-order valence-electron chi connectivity index (χ4n) is 2.72. The molecule has 0 saturated heterocycles. The van der Waals surface area contributed by atoms with Gasteiger partial charge >= 0.3 is 5.97 Å². The van der Waals surface area contributed by atoms with Crippen molar-refractivity contribution in [2.75, 3.05) is 11.9 Å². The Morgan fingerprint density at radius 2 is 1.92 bits per heavy atom.